The van der Waals surface area contributed by atoms with Gasteiger partial charge in [-0.15, -0.1) is 16.3 Å². The number of thiazole rings is 1. The van der Waals surface area contributed by atoms with Crippen LogP contribution in [0.4, 0.5) is 4.79 Å². The molecule has 7 heteroatoms. The van der Waals surface area contributed by atoms with E-state index in [0.717, 1.165) is 5.69 Å². The van der Waals surface area contributed by atoms with Crippen LogP contribution in [-0.2, 0) is 0 Å². The Morgan fingerprint density at radius 1 is 1.62 bits per heavy atom. The van der Waals surface area contributed by atoms with Gasteiger partial charge in [0.1, 0.15) is 4.60 Å². The van der Waals surface area contributed by atoms with Crippen LogP contribution in [0.2, 0.25) is 0 Å². The van der Waals surface area contributed by atoms with Gasteiger partial charge < -0.3 is 5.11 Å². The van der Waals surface area contributed by atoms with E-state index in [1.807, 2.05) is 0 Å². The summed E-state index contributed by atoms with van der Waals surface area (Å²) in [6.07, 6.45) is 2.19. The van der Waals surface area contributed by atoms with Crippen LogP contribution in [0.5, 0.6) is 0 Å². The minimum atomic E-state index is -1.20. The van der Waals surface area contributed by atoms with Crippen molar-refractivity contribution >= 4 is 33.4 Å². The Balaban J connectivity index is 2.57. The van der Waals surface area contributed by atoms with Crippen molar-refractivity contribution in [2.24, 2.45) is 4.99 Å². The summed E-state index contributed by atoms with van der Waals surface area (Å²) in [5.41, 5.74) is 0.808. The van der Waals surface area contributed by atoms with E-state index in [1.54, 1.807) is 34.5 Å². The average Bonchev–Trinajstić information content (AvgIpc) is 2.65. The van der Waals surface area contributed by atoms with E-state index < -0.39 is 6.09 Å². The molecule has 2 aromatic heterocycles. The second-order valence-corrected chi connectivity index (χ2v) is 4.47. The third-order valence-corrected chi connectivity index (χ3v) is 2.96. The Morgan fingerprint density at radius 2 is 2.44 bits per heavy atom. The fourth-order valence-electron chi connectivity index (χ4n) is 1.17. The zero-order valence-corrected chi connectivity index (χ0v) is 10.3. The van der Waals surface area contributed by atoms with Crippen molar-refractivity contribution in [2.45, 2.75) is 0 Å². The first-order valence-corrected chi connectivity index (χ1v) is 5.90. The highest BCUT2D eigenvalue weighted by Crippen LogP contribution is 2.11. The number of rotatable bonds is 1. The van der Waals surface area contributed by atoms with E-state index in [9.17, 15) is 4.79 Å². The number of aromatic nitrogens is 2. The summed E-state index contributed by atoms with van der Waals surface area (Å²) in [5, 5.41) is 10.4. The minimum Gasteiger partial charge on any atom is -0.463 e. The van der Waals surface area contributed by atoms with Gasteiger partial charge in [0, 0.05) is 17.8 Å². The monoisotopic (exact) mass is 299 g/mol. The van der Waals surface area contributed by atoms with Gasteiger partial charge in [0.15, 0.2) is 0 Å². The van der Waals surface area contributed by atoms with Gasteiger partial charge in [-0.2, -0.15) is 0 Å². The smallest absolute Gasteiger partial charge is 0.433 e. The maximum atomic E-state index is 10.5. The van der Waals surface area contributed by atoms with Crippen molar-refractivity contribution < 1.29 is 9.90 Å². The summed E-state index contributed by atoms with van der Waals surface area (Å²) >= 11 is 4.51. The summed E-state index contributed by atoms with van der Waals surface area (Å²) in [6, 6.07) is 3.56. The van der Waals surface area contributed by atoms with Crippen LogP contribution in [0, 0.1) is 0 Å². The fraction of sp³-hybridized carbons (Fsp3) is 0. The van der Waals surface area contributed by atoms with Gasteiger partial charge in [0.25, 0.3) is 0 Å². The largest absolute Gasteiger partial charge is 0.463 e. The molecular weight excluding hydrogens is 294 g/mol. The highest BCUT2D eigenvalue weighted by molar-refractivity contribution is 9.10. The van der Waals surface area contributed by atoms with Crippen molar-refractivity contribution in [1.82, 2.24) is 9.55 Å². The number of hydrogen-bond donors (Lipinski definition) is 1. The van der Waals surface area contributed by atoms with E-state index in [1.165, 1.54) is 11.3 Å². The lowest BCUT2D eigenvalue weighted by atomic mass is 10.4. The van der Waals surface area contributed by atoms with Crippen LogP contribution in [-0.4, -0.2) is 20.8 Å². The van der Waals surface area contributed by atoms with Crippen molar-refractivity contribution in [3.8, 4) is 5.69 Å². The molecule has 2 rings (SSSR count). The second kappa shape index (κ2) is 4.58. The number of pyridine rings is 1. The van der Waals surface area contributed by atoms with Gasteiger partial charge in [-0.1, -0.05) is 0 Å². The molecule has 5 nitrogen and oxygen atoms in total. The molecule has 0 atom stereocenters. The first-order valence-electron chi connectivity index (χ1n) is 4.22. The van der Waals surface area contributed by atoms with Crippen LogP contribution in [0.1, 0.15) is 0 Å². The van der Waals surface area contributed by atoms with Gasteiger partial charge in [-0.25, -0.2) is 9.78 Å². The summed E-state index contributed by atoms with van der Waals surface area (Å²) < 4.78 is 2.37. The molecule has 0 aliphatic rings. The molecule has 0 unspecified atom stereocenters. The number of nitrogens with zero attached hydrogens (tertiary/aromatic N) is 3. The van der Waals surface area contributed by atoms with Gasteiger partial charge in [-0.05, 0) is 28.1 Å². The van der Waals surface area contributed by atoms with Gasteiger partial charge in [0.2, 0.25) is 4.80 Å². The SMILES string of the molecule is O=C(O)/N=c1/sccn1-c1ccnc(Br)c1. The topological polar surface area (TPSA) is 67.5 Å². The molecule has 2 aromatic rings. The Bertz CT molecular complexity index is 590. The predicted molar refractivity (Wildman–Crippen MR) is 62.7 cm³/mol. The van der Waals surface area contributed by atoms with Gasteiger partial charge >= 0.3 is 6.09 Å². The Kier molecular flexibility index (Phi) is 3.16. The molecule has 16 heavy (non-hydrogen) atoms. The van der Waals surface area contributed by atoms with Crippen molar-refractivity contribution in [2.75, 3.05) is 0 Å². The molecule has 0 spiro atoms. The summed E-state index contributed by atoms with van der Waals surface area (Å²) in [6.45, 7) is 0. The first-order chi connectivity index (χ1) is 7.66. The van der Waals surface area contributed by atoms with Crippen molar-refractivity contribution in [3.63, 3.8) is 0 Å². The molecular formula is C9H6BrN3O2S. The molecule has 0 bridgehead atoms. The van der Waals surface area contributed by atoms with E-state index in [-0.39, 0.29) is 0 Å². The highest BCUT2D eigenvalue weighted by Gasteiger charge is 2.01. The molecule has 0 saturated carbocycles. The van der Waals surface area contributed by atoms with E-state index in [2.05, 4.69) is 25.9 Å². The molecule has 0 aliphatic heterocycles. The van der Waals surface area contributed by atoms with Crippen LogP contribution in [0.3, 0.4) is 0 Å². The van der Waals surface area contributed by atoms with Crippen LogP contribution in [0.15, 0.2) is 39.5 Å². The Labute approximate surface area is 103 Å². The van der Waals surface area contributed by atoms with Crippen molar-refractivity contribution in [3.05, 3.63) is 39.3 Å². The summed E-state index contributed by atoms with van der Waals surface area (Å²) in [5.74, 6) is 0. The zero-order chi connectivity index (χ0) is 11.5. The number of halogens is 1. The zero-order valence-electron chi connectivity index (χ0n) is 7.87. The number of amides is 1. The molecule has 1 N–H and O–H groups in total. The van der Waals surface area contributed by atoms with Gasteiger partial charge in [0.05, 0.1) is 5.69 Å². The third kappa shape index (κ3) is 2.37. The summed E-state index contributed by atoms with van der Waals surface area (Å²) in [7, 11) is 0. The fourth-order valence-corrected chi connectivity index (χ4v) is 2.24. The minimum absolute atomic E-state index is 0.408. The first kappa shape index (κ1) is 11.0. The molecule has 0 saturated heterocycles. The maximum absolute atomic E-state index is 10.5. The average molecular weight is 300 g/mol. The normalized spacial score (nSPS) is 11.7. The third-order valence-electron chi connectivity index (χ3n) is 1.77. The quantitative estimate of drug-likeness (QED) is 0.822. The van der Waals surface area contributed by atoms with E-state index in [0.29, 0.717) is 9.40 Å². The standard InChI is InChI=1S/C9H6BrN3O2S/c10-7-5-6(1-2-11-7)13-3-4-16-8(13)12-9(14)15/h1-5H,(H,14,15)/b12-8+. The molecule has 1 amide bonds. The maximum Gasteiger partial charge on any atom is 0.433 e. The van der Waals surface area contributed by atoms with Crippen LogP contribution >= 0.6 is 27.3 Å². The van der Waals surface area contributed by atoms with E-state index in [4.69, 9.17) is 5.11 Å². The summed E-state index contributed by atoms with van der Waals surface area (Å²) in [4.78, 5) is 18.4. The van der Waals surface area contributed by atoms with Crippen molar-refractivity contribution in [1.29, 1.82) is 0 Å². The molecule has 2 heterocycles. The number of carboxylic acid groups (broad SMARTS) is 1. The lowest BCUT2D eigenvalue weighted by Crippen LogP contribution is -2.13. The number of hydrogen-bond acceptors (Lipinski definition) is 3. The Hall–Kier alpha value is -1.47. The van der Waals surface area contributed by atoms with Gasteiger partial charge in [-0.3, -0.25) is 4.57 Å². The van der Waals surface area contributed by atoms with Crippen LogP contribution in [0.25, 0.3) is 5.69 Å². The second-order valence-electron chi connectivity index (χ2n) is 2.79. The van der Waals surface area contributed by atoms with E-state index >= 15 is 0 Å². The highest BCUT2D eigenvalue weighted by atomic mass is 79.9. The molecule has 0 radical (unpaired) electrons. The molecule has 0 aliphatic carbocycles. The predicted octanol–water partition coefficient (Wildman–Crippen LogP) is 2.28. The van der Waals surface area contributed by atoms with Crippen LogP contribution < -0.4 is 4.80 Å². The molecule has 82 valence electrons. The molecule has 0 fully saturated rings. The lowest BCUT2D eigenvalue weighted by molar-refractivity contribution is 0.204. The number of carbonyl (C=O) groups is 1. The Morgan fingerprint density at radius 3 is 3.12 bits per heavy atom. The lowest BCUT2D eigenvalue weighted by Gasteiger charge is -2.01. The molecule has 0 aromatic carbocycles.